The SMILES string of the molecule is Cc1ccc(COc2ccc(C(N)=S)c(Cl)c2)cc1C. The molecule has 0 aliphatic rings. The molecule has 0 bridgehead atoms. The van der Waals surface area contributed by atoms with Gasteiger partial charge in [0.25, 0.3) is 0 Å². The lowest BCUT2D eigenvalue weighted by atomic mass is 10.1. The standard InChI is InChI=1S/C16H16ClNOS/c1-10-3-4-12(7-11(10)2)9-19-13-5-6-14(16(18)20)15(17)8-13/h3-8H,9H2,1-2H3,(H2,18,20). The van der Waals surface area contributed by atoms with Crippen molar-refractivity contribution >= 4 is 28.8 Å². The number of ether oxygens (including phenoxy) is 1. The first-order valence-corrected chi connectivity index (χ1v) is 7.04. The molecule has 0 aromatic heterocycles. The molecule has 2 nitrogen and oxygen atoms in total. The molecular weight excluding hydrogens is 290 g/mol. The summed E-state index contributed by atoms with van der Waals surface area (Å²) in [5, 5.41) is 0.509. The van der Waals surface area contributed by atoms with Gasteiger partial charge >= 0.3 is 0 Å². The van der Waals surface area contributed by atoms with Crippen molar-refractivity contribution < 1.29 is 4.74 Å². The van der Waals surface area contributed by atoms with E-state index in [4.69, 9.17) is 34.3 Å². The van der Waals surface area contributed by atoms with Crippen LogP contribution in [0.15, 0.2) is 36.4 Å². The molecule has 0 heterocycles. The average Bonchev–Trinajstić information content (AvgIpc) is 2.40. The number of hydrogen-bond acceptors (Lipinski definition) is 2. The minimum Gasteiger partial charge on any atom is -0.489 e. The number of nitrogens with two attached hydrogens (primary N) is 1. The summed E-state index contributed by atoms with van der Waals surface area (Å²) >= 11 is 11.0. The second kappa shape index (κ2) is 6.25. The zero-order chi connectivity index (χ0) is 14.7. The molecule has 0 saturated carbocycles. The molecule has 0 aliphatic heterocycles. The Hall–Kier alpha value is -1.58. The first kappa shape index (κ1) is 14.8. The lowest BCUT2D eigenvalue weighted by molar-refractivity contribution is 0.306. The molecule has 2 rings (SSSR count). The van der Waals surface area contributed by atoms with Crippen molar-refractivity contribution in [1.29, 1.82) is 0 Å². The Morgan fingerprint density at radius 3 is 2.50 bits per heavy atom. The van der Waals surface area contributed by atoms with Gasteiger partial charge in [-0.3, -0.25) is 0 Å². The van der Waals surface area contributed by atoms with Crippen LogP contribution in [0, 0.1) is 13.8 Å². The van der Waals surface area contributed by atoms with E-state index >= 15 is 0 Å². The second-order valence-electron chi connectivity index (χ2n) is 4.71. The molecule has 4 heteroatoms. The van der Waals surface area contributed by atoms with Crippen LogP contribution in [0.2, 0.25) is 5.02 Å². The fourth-order valence-corrected chi connectivity index (χ4v) is 2.35. The van der Waals surface area contributed by atoms with Gasteiger partial charge in [0, 0.05) is 5.56 Å². The molecule has 2 aromatic carbocycles. The predicted octanol–water partition coefficient (Wildman–Crippen LogP) is 4.17. The quantitative estimate of drug-likeness (QED) is 0.861. The second-order valence-corrected chi connectivity index (χ2v) is 5.56. The van der Waals surface area contributed by atoms with Crippen molar-refractivity contribution in [3.8, 4) is 5.75 Å². The van der Waals surface area contributed by atoms with E-state index in [1.807, 2.05) is 6.07 Å². The molecule has 0 amide bonds. The summed E-state index contributed by atoms with van der Waals surface area (Å²) < 4.78 is 5.73. The molecule has 0 aliphatic carbocycles. The van der Waals surface area contributed by atoms with Crippen LogP contribution in [0.4, 0.5) is 0 Å². The molecule has 0 radical (unpaired) electrons. The highest BCUT2D eigenvalue weighted by molar-refractivity contribution is 7.80. The first-order chi connectivity index (χ1) is 9.47. The van der Waals surface area contributed by atoms with Gasteiger partial charge in [0.2, 0.25) is 0 Å². The third-order valence-corrected chi connectivity index (χ3v) is 3.72. The van der Waals surface area contributed by atoms with Crippen LogP contribution >= 0.6 is 23.8 Å². The number of halogens is 1. The minimum absolute atomic E-state index is 0.288. The maximum atomic E-state index is 6.10. The number of benzene rings is 2. The first-order valence-electron chi connectivity index (χ1n) is 6.25. The van der Waals surface area contributed by atoms with Crippen molar-refractivity contribution in [3.63, 3.8) is 0 Å². The third kappa shape index (κ3) is 3.50. The topological polar surface area (TPSA) is 35.2 Å². The molecule has 104 valence electrons. The Kier molecular flexibility index (Phi) is 4.63. The van der Waals surface area contributed by atoms with Crippen molar-refractivity contribution in [2.45, 2.75) is 20.5 Å². The van der Waals surface area contributed by atoms with Gasteiger partial charge in [0.05, 0.1) is 5.02 Å². The van der Waals surface area contributed by atoms with E-state index in [1.54, 1.807) is 12.1 Å². The van der Waals surface area contributed by atoms with Crippen molar-refractivity contribution in [1.82, 2.24) is 0 Å². The van der Waals surface area contributed by atoms with E-state index in [2.05, 4.69) is 32.0 Å². The molecule has 0 fully saturated rings. The highest BCUT2D eigenvalue weighted by atomic mass is 35.5. The molecule has 0 spiro atoms. The van der Waals surface area contributed by atoms with Crippen LogP contribution < -0.4 is 10.5 Å². The molecule has 20 heavy (non-hydrogen) atoms. The highest BCUT2D eigenvalue weighted by Gasteiger charge is 2.05. The molecular formula is C16H16ClNOS. The zero-order valence-corrected chi connectivity index (χ0v) is 13.0. The Labute approximate surface area is 129 Å². The van der Waals surface area contributed by atoms with E-state index in [0.717, 1.165) is 5.56 Å². The molecule has 2 N–H and O–H groups in total. The fraction of sp³-hybridized carbons (Fsp3) is 0.188. The molecule has 0 unspecified atom stereocenters. The average molecular weight is 306 g/mol. The minimum atomic E-state index is 0.288. The lowest BCUT2D eigenvalue weighted by Gasteiger charge is -2.10. The molecule has 0 atom stereocenters. The van der Waals surface area contributed by atoms with Crippen LogP contribution in [-0.2, 0) is 6.61 Å². The van der Waals surface area contributed by atoms with Crippen LogP contribution in [0.25, 0.3) is 0 Å². The van der Waals surface area contributed by atoms with E-state index in [9.17, 15) is 0 Å². The van der Waals surface area contributed by atoms with Crippen LogP contribution in [0.3, 0.4) is 0 Å². The highest BCUT2D eigenvalue weighted by Crippen LogP contribution is 2.23. The van der Waals surface area contributed by atoms with E-state index in [-0.39, 0.29) is 4.99 Å². The van der Waals surface area contributed by atoms with E-state index in [0.29, 0.717) is 22.9 Å². The third-order valence-electron chi connectivity index (χ3n) is 3.18. The summed E-state index contributed by atoms with van der Waals surface area (Å²) in [5.74, 6) is 0.702. The lowest BCUT2D eigenvalue weighted by Crippen LogP contribution is -2.09. The van der Waals surface area contributed by atoms with Crippen LogP contribution in [0.1, 0.15) is 22.3 Å². The van der Waals surface area contributed by atoms with Gasteiger partial charge in [-0.15, -0.1) is 0 Å². The summed E-state index contributed by atoms with van der Waals surface area (Å²) in [4.78, 5) is 0.288. The largest absolute Gasteiger partial charge is 0.489 e. The van der Waals surface area contributed by atoms with Gasteiger partial charge in [0.15, 0.2) is 0 Å². The van der Waals surface area contributed by atoms with Gasteiger partial charge in [-0.05, 0) is 48.7 Å². The monoisotopic (exact) mass is 305 g/mol. The molecule has 2 aromatic rings. The number of hydrogen-bond donors (Lipinski definition) is 1. The number of aryl methyl sites for hydroxylation is 2. The maximum Gasteiger partial charge on any atom is 0.121 e. The summed E-state index contributed by atoms with van der Waals surface area (Å²) in [6.45, 7) is 4.69. The van der Waals surface area contributed by atoms with Gasteiger partial charge in [-0.1, -0.05) is 42.0 Å². The predicted molar refractivity (Wildman–Crippen MR) is 87.6 cm³/mol. The Morgan fingerprint density at radius 2 is 1.90 bits per heavy atom. The summed E-state index contributed by atoms with van der Waals surface area (Å²) in [7, 11) is 0. The molecule has 0 saturated heterocycles. The van der Waals surface area contributed by atoms with E-state index in [1.165, 1.54) is 11.1 Å². The summed E-state index contributed by atoms with van der Waals surface area (Å²) in [5.41, 5.74) is 9.89. The Bertz CT molecular complexity index is 655. The van der Waals surface area contributed by atoms with Crippen LogP contribution in [-0.4, -0.2) is 4.99 Å². The van der Waals surface area contributed by atoms with Crippen molar-refractivity contribution in [2.24, 2.45) is 5.73 Å². The number of rotatable bonds is 4. The zero-order valence-electron chi connectivity index (χ0n) is 11.4. The Balaban J connectivity index is 2.09. The fourth-order valence-electron chi connectivity index (χ4n) is 1.85. The summed E-state index contributed by atoms with van der Waals surface area (Å²) in [6, 6.07) is 11.6. The van der Waals surface area contributed by atoms with Crippen molar-refractivity contribution in [2.75, 3.05) is 0 Å². The van der Waals surface area contributed by atoms with E-state index < -0.39 is 0 Å². The Morgan fingerprint density at radius 1 is 1.15 bits per heavy atom. The smallest absolute Gasteiger partial charge is 0.121 e. The van der Waals surface area contributed by atoms with Gasteiger partial charge in [0.1, 0.15) is 17.3 Å². The normalized spacial score (nSPS) is 10.3. The van der Waals surface area contributed by atoms with Crippen LogP contribution in [0.5, 0.6) is 5.75 Å². The van der Waals surface area contributed by atoms with Gasteiger partial charge in [-0.25, -0.2) is 0 Å². The maximum absolute atomic E-state index is 6.10. The van der Waals surface area contributed by atoms with Gasteiger partial charge in [-0.2, -0.15) is 0 Å². The summed E-state index contributed by atoms with van der Waals surface area (Å²) in [6.07, 6.45) is 0. The van der Waals surface area contributed by atoms with Gasteiger partial charge < -0.3 is 10.5 Å². The number of thiocarbonyl (C=S) groups is 1. The van der Waals surface area contributed by atoms with Crippen molar-refractivity contribution in [3.05, 3.63) is 63.7 Å².